The highest BCUT2D eigenvalue weighted by Gasteiger charge is 2.42. The van der Waals surface area contributed by atoms with E-state index >= 15 is 0 Å². The van der Waals surface area contributed by atoms with Gasteiger partial charge in [-0.2, -0.15) is 0 Å². The number of hydrogen-bond donors (Lipinski definition) is 2. The minimum absolute atomic E-state index is 0.237. The summed E-state index contributed by atoms with van der Waals surface area (Å²) in [5, 5.41) is 23.8. The third-order valence-corrected chi connectivity index (χ3v) is 2.66. The molecule has 1 saturated heterocycles. The Morgan fingerprint density at radius 1 is 1.67 bits per heavy atom. The van der Waals surface area contributed by atoms with Gasteiger partial charge in [0.05, 0.1) is 12.5 Å². The van der Waals surface area contributed by atoms with Gasteiger partial charge in [0.25, 0.3) is 0 Å². The van der Waals surface area contributed by atoms with Crippen LogP contribution in [0.25, 0.3) is 0 Å². The van der Waals surface area contributed by atoms with Crippen molar-refractivity contribution in [3.8, 4) is 0 Å². The molecule has 1 aliphatic heterocycles. The summed E-state index contributed by atoms with van der Waals surface area (Å²) in [7, 11) is 0. The van der Waals surface area contributed by atoms with Crippen LogP contribution in [0, 0.1) is 0 Å². The smallest absolute Gasteiger partial charge is 0.171 e. The lowest BCUT2D eigenvalue weighted by atomic mass is 9.90. The van der Waals surface area contributed by atoms with E-state index in [9.17, 15) is 15.0 Å². The molecule has 0 spiro atoms. The molecular formula is C9H15N2O3S-. The van der Waals surface area contributed by atoms with Gasteiger partial charge in [-0.3, -0.25) is 0 Å². The molecule has 6 heteroatoms. The first-order valence-electron chi connectivity index (χ1n) is 4.66. The van der Waals surface area contributed by atoms with Crippen LogP contribution >= 0.6 is 12.2 Å². The number of aliphatic carboxylic acids is 1. The number of rotatable bonds is 2. The summed E-state index contributed by atoms with van der Waals surface area (Å²) in [6.45, 7) is 4.92. The molecule has 0 aromatic rings. The number of nitrogens with one attached hydrogen (secondary N) is 1. The summed E-state index contributed by atoms with van der Waals surface area (Å²) in [6.07, 6.45) is 0.382. The Bertz CT molecular complexity index is 302. The maximum atomic E-state index is 10.5. The maximum absolute atomic E-state index is 10.5. The molecule has 1 fully saturated rings. The van der Waals surface area contributed by atoms with E-state index in [2.05, 4.69) is 5.32 Å². The van der Waals surface area contributed by atoms with Crippen LogP contribution in [-0.2, 0) is 4.79 Å². The molecule has 15 heavy (non-hydrogen) atoms. The van der Waals surface area contributed by atoms with Gasteiger partial charge in [0.2, 0.25) is 0 Å². The summed E-state index contributed by atoms with van der Waals surface area (Å²) in [5.74, 6) is -1.26. The Morgan fingerprint density at radius 2 is 2.20 bits per heavy atom. The van der Waals surface area contributed by atoms with E-state index in [1.165, 1.54) is 4.90 Å². The number of carbonyl (C=O) groups excluding carboxylic acids is 1. The van der Waals surface area contributed by atoms with Gasteiger partial charge < -0.3 is 25.2 Å². The fourth-order valence-corrected chi connectivity index (χ4v) is 2.46. The van der Waals surface area contributed by atoms with Crippen LogP contribution in [0.2, 0.25) is 0 Å². The molecule has 2 N–H and O–H groups in total. The molecule has 1 atom stereocenters. The molecule has 1 aliphatic rings. The topological polar surface area (TPSA) is 75.6 Å². The van der Waals surface area contributed by atoms with Crippen molar-refractivity contribution in [1.29, 1.82) is 0 Å². The predicted octanol–water partition coefficient (Wildman–Crippen LogP) is -1.20. The Kier molecular flexibility index (Phi) is 2.93. The van der Waals surface area contributed by atoms with E-state index in [-0.39, 0.29) is 10.7 Å². The quantitative estimate of drug-likeness (QED) is 0.582. The van der Waals surface area contributed by atoms with Crippen molar-refractivity contribution in [3.63, 3.8) is 0 Å². The summed E-state index contributed by atoms with van der Waals surface area (Å²) in [6, 6.07) is 0. The standard InChI is InChI=1S/C9H16N2O3S/c1-8(2)5-9(3,14)11(4-6(12)13)7(15)10-8/h14H,4-5H2,1-3H3,(H,10,15)(H,12,13)/p-1/t9-/m1/s1. The highest BCUT2D eigenvalue weighted by molar-refractivity contribution is 7.80. The van der Waals surface area contributed by atoms with Crippen LogP contribution < -0.4 is 10.4 Å². The highest BCUT2D eigenvalue weighted by Crippen LogP contribution is 2.28. The SMILES string of the molecule is CC1(C)C[C@@](C)(O)N(CC(=O)[O-])C(=S)N1. The van der Waals surface area contributed by atoms with E-state index in [1.54, 1.807) is 6.92 Å². The molecular weight excluding hydrogens is 216 g/mol. The van der Waals surface area contributed by atoms with Crippen molar-refractivity contribution < 1.29 is 15.0 Å². The zero-order valence-corrected chi connectivity index (χ0v) is 9.85. The fraction of sp³-hybridized carbons (Fsp3) is 0.778. The summed E-state index contributed by atoms with van der Waals surface area (Å²) >= 11 is 5.01. The third-order valence-electron chi connectivity index (χ3n) is 2.34. The van der Waals surface area contributed by atoms with Gasteiger partial charge in [-0.15, -0.1) is 0 Å². The van der Waals surface area contributed by atoms with Crippen LogP contribution in [0.4, 0.5) is 0 Å². The number of carbonyl (C=O) groups is 1. The lowest BCUT2D eigenvalue weighted by Crippen LogP contribution is -2.67. The molecule has 0 saturated carbocycles. The van der Waals surface area contributed by atoms with Crippen molar-refractivity contribution >= 4 is 23.3 Å². The van der Waals surface area contributed by atoms with Gasteiger partial charge in [-0.1, -0.05) is 0 Å². The molecule has 0 aliphatic carbocycles. The van der Waals surface area contributed by atoms with Crippen LogP contribution in [-0.4, -0.2) is 38.9 Å². The monoisotopic (exact) mass is 231 g/mol. The van der Waals surface area contributed by atoms with Crippen molar-refractivity contribution in [2.75, 3.05) is 6.54 Å². The molecule has 0 amide bonds. The zero-order valence-electron chi connectivity index (χ0n) is 9.03. The largest absolute Gasteiger partial charge is 0.548 e. The van der Waals surface area contributed by atoms with Crippen LogP contribution in [0.5, 0.6) is 0 Å². The van der Waals surface area contributed by atoms with Gasteiger partial charge in [-0.05, 0) is 33.0 Å². The van der Waals surface area contributed by atoms with E-state index < -0.39 is 18.2 Å². The first kappa shape index (κ1) is 12.2. The van der Waals surface area contributed by atoms with Gasteiger partial charge in [-0.25, -0.2) is 0 Å². The van der Waals surface area contributed by atoms with E-state index in [0.29, 0.717) is 6.42 Å². The number of carboxylic acid groups (broad SMARTS) is 1. The average Bonchev–Trinajstić information content (AvgIpc) is 1.93. The van der Waals surface area contributed by atoms with Crippen LogP contribution in [0.1, 0.15) is 27.2 Å². The lowest BCUT2D eigenvalue weighted by molar-refractivity contribution is -0.308. The van der Waals surface area contributed by atoms with Crippen LogP contribution in [0.3, 0.4) is 0 Å². The van der Waals surface area contributed by atoms with Gasteiger partial charge in [0, 0.05) is 12.0 Å². The van der Waals surface area contributed by atoms with Gasteiger partial charge in [0.15, 0.2) is 5.11 Å². The highest BCUT2D eigenvalue weighted by atomic mass is 32.1. The van der Waals surface area contributed by atoms with E-state index in [4.69, 9.17) is 12.2 Å². The Balaban J connectivity index is 2.89. The number of carboxylic acids is 1. The number of hydrogen-bond acceptors (Lipinski definition) is 4. The Hall–Kier alpha value is -0.880. The number of nitrogens with zero attached hydrogens (tertiary/aromatic N) is 1. The number of thiocarbonyl (C=S) groups is 1. The molecule has 5 nitrogen and oxygen atoms in total. The van der Waals surface area contributed by atoms with E-state index in [1.807, 2.05) is 13.8 Å². The van der Waals surface area contributed by atoms with Crippen molar-refractivity contribution in [1.82, 2.24) is 10.2 Å². The van der Waals surface area contributed by atoms with Crippen molar-refractivity contribution in [2.45, 2.75) is 38.5 Å². The normalized spacial score (nSPS) is 29.9. The molecule has 1 heterocycles. The maximum Gasteiger partial charge on any atom is 0.171 e. The summed E-state index contributed by atoms with van der Waals surface area (Å²) in [4.78, 5) is 11.7. The second kappa shape index (κ2) is 3.61. The first-order chi connectivity index (χ1) is 6.64. The van der Waals surface area contributed by atoms with E-state index in [0.717, 1.165) is 0 Å². The lowest BCUT2D eigenvalue weighted by Gasteiger charge is -2.49. The third kappa shape index (κ3) is 2.79. The molecule has 0 bridgehead atoms. The Morgan fingerprint density at radius 3 is 2.60 bits per heavy atom. The van der Waals surface area contributed by atoms with Crippen LogP contribution in [0.15, 0.2) is 0 Å². The number of aliphatic hydroxyl groups is 1. The average molecular weight is 231 g/mol. The van der Waals surface area contributed by atoms with Crippen molar-refractivity contribution in [2.24, 2.45) is 0 Å². The minimum Gasteiger partial charge on any atom is -0.548 e. The fourth-order valence-electron chi connectivity index (χ4n) is 1.92. The summed E-state index contributed by atoms with van der Waals surface area (Å²) in [5.41, 5.74) is -1.60. The molecule has 0 unspecified atom stereocenters. The molecule has 1 rings (SSSR count). The zero-order chi connectivity index (χ0) is 11.9. The molecule has 86 valence electrons. The molecule has 0 aromatic carbocycles. The summed E-state index contributed by atoms with van der Waals surface area (Å²) < 4.78 is 0. The van der Waals surface area contributed by atoms with Crippen molar-refractivity contribution in [3.05, 3.63) is 0 Å². The Labute approximate surface area is 94.1 Å². The minimum atomic E-state index is -1.26. The molecule has 0 radical (unpaired) electrons. The first-order valence-corrected chi connectivity index (χ1v) is 5.07. The van der Waals surface area contributed by atoms with Gasteiger partial charge >= 0.3 is 0 Å². The second-order valence-corrected chi connectivity index (χ2v) is 5.05. The van der Waals surface area contributed by atoms with Gasteiger partial charge in [0.1, 0.15) is 5.72 Å². The second-order valence-electron chi connectivity index (χ2n) is 4.67. The predicted molar refractivity (Wildman–Crippen MR) is 56.8 cm³/mol. The molecule has 0 aromatic heterocycles.